The molecule has 0 atom stereocenters. The molecule has 0 aromatic heterocycles. The summed E-state index contributed by atoms with van der Waals surface area (Å²) in [4.78, 5) is 0. The average molecular weight is 955 g/mol. The molecule has 2 heteroatoms. The SMILES string of the molecule is CC(C)(C)c1ccc2c(-c3ccc([Si](C)(C)/C=C/c4ccc5ccc6cccc7ccc4c5c67)cc3)c3ccccc3c(-c3ccc([Si](C)(C)/C=C/c4ccc5ccc6cccc7ccc4c5c67)cc3)c2c1. The van der Waals surface area contributed by atoms with Gasteiger partial charge in [0, 0.05) is 0 Å². The molecular weight excluding hydrogens is 897 g/mol. The van der Waals surface area contributed by atoms with Gasteiger partial charge >= 0.3 is 0 Å². The van der Waals surface area contributed by atoms with Gasteiger partial charge in [0.2, 0.25) is 0 Å². The summed E-state index contributed by atoms with van der Waals surface area (Å²) in [7, 11) is -3.98. The van der Waals surface area contributed by atoms with E-state index < -0.39 is 16.1 Å². The quantitative estimate of drug-likeness (QED) is 0.0809. The van der Waals surface area contributed by atoms with Crippen LogP contribution in [-0.2, 0) is 5.41 Å². The first-order valence-corrected chi connectivity index (χ1v) is 31.9. The molecule has 0 spiro atoms. The van der Waals surface area contributed by atoms with Crippen molar-refractivity contribution in [2.75, 3.05) is 0 Å². The van der Waals surface area contributed by atoms with Crippen molar-refractivity contribution in [2.45, 2.75) is 52.4 Å². The maximum absolute atomic E-state index is 2.53. The molecule has 0 bridgehead atoms. The highest BCUT2D eigenvalue weighted by molar-refractivity contribution is 6.94. The Morgan fingerprint density at radius 2 is 0.681 bits per heavy atom. The summed E-state index contributed by atoms with van der Waals surface area (Å²) in [6, 6.07) is 76.4. The van der Waals surface area contributed by atoms with E-state index in [-0.39, 0.29) is 5.41 Å². The summed E-state index contributed by atoms with van der Waals surface area (Å²) in [6.45, 7) is 16.9. The number of hydrogen-bond donors (Lipinski definition) is 0. The van der Waals surface area contributed by atoms with E-state index in [0.717, 1.165) is 0 Å². The Balaban J connectivity index is 0.858. The summed E-state index contributed by atoms with van der Waals surface area (Å²) in [5.74, 6) is 0. The maximum atomic E-state index is 2.53. The normalized spacial score (nSPS) is 13.1. The van der Waals surface area contributed by atoms with Crippen molar-refractivity contribution in [2.24, 2.45) is 0 Å². The Morgan fingerprint density at radius 3 is 1.11 bits per heavy atom. The Labute approximate surface area is 425 Å². The van der Waals surface area contributed by atoms with Crippen LogP contribution < -0.4 is 10.4 Å². The first-order chi connectivity index (χ1) is 34.8. The molecule has 0 nitrogen and oxygen atoms in total. The van der Waals surface area contributed by atoms with Crippen LogP contribution in [0.1, 0.15) is 37.5 Å². The van der Waals surface area contributed by atoms with E-state index in [1.807, 2.05) is 0 Å². The van der Waals surface area contributed by atoms with Crippen molar-refractivity contribution in [3.05, 3.63) is 228 Å². The van der Waals surface area contributed by atoms with Gasteiger partial charge in [0.15, 0.2) is 0 Å². The van der Waals surface area contributed by atoms with E-state index in [4.69, 9.17) is 0 Å². The van der Waals surface area contributed by atoms with Crippen LogP contribution >= 0.6 is 0 Å². The van der Waals surface area contributed by atoms with Gasteiger partial charge < -0.3 is 0 Å². The summed E-state index contributed by atoms with van der Waals surface area (Å²) in [5.41, 5.74) is 14.1. The van der Waals surface area contributed by atoms with Gasteiger partial charge in [-0.1, -0.05) is 275 Å². The van der Waals surface area contributed by atoms with Crippen molar-refractivity contribution in [1.29, 1.82) is 0 Å². The lowest BCUT2D eigenvalue weighted by Crippen LogP contribution is -2.39. The van der Waals surface area contributed by atoms with Crippen LogP contribution in [0.2, 0.25) is 26.2 Å². The summed E-state index contributed by atoms with van der Waals surface area (Å²) in [6.07, 6.45) is 4.81. The zero-order chi connectivity index (χ0) is 49.1. The highest BCUT2D eigenvalue weighted by Crippen LogP contribution is 2.45. The molecule has 0 aliphatic heterocycles. The minimum absolute atomic E-state index is 0.000756. The van der Waals surface area contributed by atoms with E-state index in [0.29, 0.717) is 0 Å². The third-order valence-corrected chi connectivity index (χ3v) is 21.9. The average Bonchev–Trinajstić information content (AvgIpc) is 3.40. The third kappa shape index (κ3) is 7.22. The topological polar surface area (TPSA) is 0 Å². The fraction of sp³-hybridized carbons (Fsp3) is 0.114. The Morgan fingerprint density at radius 1 is 0.319 bits per heavy atom. The van der Waals surface area contributed by atoms with Gasteiger partial charge in [-0.25, -0.2) is 0 Å². The molecule has 346 valence electrons. The second-order valence-electron chi connectivity index (χ2n) is 22.6. The van der Waals surface area contributed by atoms with Gasteiger partial charge in [-0.2, -0.15) is 0 Å². The van der Waals surface area contributed by atoms with E-state index in [1.165, 1.54) is 135 Å². The third-order valence-electron chi connectivity index (χ3n) is 16.2. The van der Waals surface area contributed by atoms with E-state index >= 15 is 0 Å². The molecule has 13 aromatic rings. The van der Waals surface area contributed by atoms with Gasteiger partial charge in [-0.15, -0.1) is 0 Å². The monoisotopic (exact) mass is 954 g/mol. The first-order valence-electron chi connectivity index (χ1n) is 25.7. The molecule has 0 saturated heterocycles. The second-order valence-corrected chi connectivity index (χ2v) is 31.3. The van der Waals surface area contributed by atoms with Gasteiger partial charge in [0.25, 0.3) is 0 Å². The number of rotatable bonds is 8. The van der Waals surface area contributed by atoms with E-state index in [1.54, 1.807) is 0 Å². The highest BCUT2D eigenvalue weighted by atomic mass is 28.3. The standard InChI is InChI=1S/C70H58Si2/c1-70(2,3)55-32-39-62-63(44-55)67(52-28-35-57(36-29-52)72(6,7)43-41-46-19-21-54-25-23-48-13-11-15-50-31-38-59(46)69(54)65(48)50)61-17-9-8-16-60(61)66(62)51-26-33-56(34-27-51)71(4,5)42-40-45-18-20-53-24-22-47-12-10-14-49-30-37-58(45)68(53)64(47)49/h8-44H,1-7H3/b42-40+,43-41+. The minimum Gasteiger partial charge on any atom is -0.0897 e. The van der Waals surface area contributed by atoms with Crippen molar-refractivity contribution in [1.82, 2.24) is 0 Å². The molecular formula is C70H58Si2. The predicted molar refractivity (Wildman–Crippen MR) is 324 cm³/mol. The lowest BCUT2D eigenvalue weighted by molar-refractivity contribution is 0.591. The molecule has 0 aliphatic rings. The number of benzene rings is 13. The molecule has 0 N–H and O–H groups in total. The van der Waals surface area contributed by atoms with Crippen molar-refractivity contribution in [3.8, 4) is 22.3 Å². The molecule has 72 heavy (non-hydrogen) atoms. The Kier molecular flexibility index (Phi) is 10.1. The molecule has 0 unspecified atom stereocenters. The van der Waals surface area contributed by atoms with Gasteiger partial charge in [0.05, 0.1) is 0 Å². The van der Waals surface area contributed by atoms with Crippen LogP contribution in [0.5, 0.6) is 0 Å². The second kappa shape index (κ2) is 16.5. The van der Waals surface area contributed by atoms with Crippen LogP contribution in [0.4, 0.5) is 0 Å². The smallest absolute Gasteiger partial charge is 0.0897 e. The van der Waals surface area contributed by atoms with Gasteiger partial charge in [0.1, 0.15) is 16.1 Å². The van der Waals surface area contributed by atoms with Crippen molar-refractivity contribution in [3.63, 3.8) is 0 Å². The fourth-order valence-corrected chi connectivity index (χ4v) is 15.6. The molecule has 0 amide bonds. The van der Waals surface area contributed by atoms with Crippen molar-refractivity contribution >= 4 is 125 Å². The summed E-state index contributed by atoms with van der Waals surface area (Å²) >= 11 is 0. The number of fused-ring (bicyclic) bond motifs is 2. The zero-order valence-corrected chi connectivity index (χ0v) is 44.4. The lowest BCUT2D eigenvalue weighted by atomic mass is 9.81. The van der Waals surface area contributed by atoms with Gasteiger partial charge in [-0.05, 0) is 137 Å². The lowest BCUT2D eigenvalue weighted by Gasteiger charge is -2.24. The van der Waals surface area contributed by atoms with E-state index in [9.17, 15) is 0 Å². The van der Waals surface area contributed by atoms with Gasteiger partial charge in [-0.3, -0.25) is 0 Å². The molecule has 13 rings (SSSR count). The maximum Gasteiger partial charge on any atom is 0.104 e. The Bertz CT molecular complexity index is 4300. The molecule has 0 aliphatic carbocycles. The molecule has 13 aromatic carbocycles. The molecule has 0 fully saturated rings. The van der Waals surface area contributed by atoms with E-state index in [2.05, 4.69) is 271 Å². The molecule has 0 radical (unpaired) electrons. The molecule has 0 heterocycles. The minimum atomic E-state index is -1.99. The van der Waals surface area contributed by atoms with Crippen LogP contribution in [0, 0.1) is 0 Å². The van der Waals surface area contributed by atoms with Crippen LogP contribution in [-0.4, -0.2) is 16.1 Å². The Hall–Kier alpha value is -7.63. The molecule has 0 saturated carbocycles. The first kappa shape index (κ1) is 44.3. The highest BCUT2D eigenvalue weighted by Gasteiger charge is 2.25. The van der Waals surface area contributed by atoms with Crippen LogP contribution in [0.3, 0.4) is 0 Å². The summed E-state index contributed by atoms with van der Waals surface area (Å²) < 4.78 is 0. The summed E-state index contributed by atoms with van der Waals surface area (Å²) in [5, 5.41) is 24.0. The predicted octanol–water partition coefficient (Wildman–Crippen LogP) is 18.8. The number of hydrogen-bond acceptors (Lipinski definition) is 0. The fourth-order valence-electron chi connectivity index (χ4n) is 12.0. The van der Waals surface area contributed by atoms with Crippen LogP contribution in [0.25, 0.3) is 121 Å². The zero-order valence-electron chi connectivity index (χ0n) is 42.4. The van der Waals surface area contributed by atoms with Crippen molar-refractivity contribution < 1.29 is 0 Å². The van der Waals surface area contributed by atoms with Crippen LogP contribution in [0.15, 0.2) is 212 Å². The largest absolute Gasteiger partial charge is 0.104 e.